The Hall–Kier alpha value is -2.83. The maximum Gasteiger partial charge on any atom is 0.274 e. The van der Waals surface area contributed by atoms with Gasteiger partial charge >= 0.3 is 0 Å². The molecule has 1 aliphatic heterocycles. The summed E-state index contributed by atoms with van der Waals surface area (Å²) in [6.07, 6.45) is 1.40. The van der Waals surface area contributed by atoms with E-state index < -0.39 is 4.92 Å². The van der Waals surface area contributed by atoms with Gasteiger partial charge in [0.25, 0.3) is 5.69 Å². The Morgan fingerprint density at radius 2 is 2.25 bits per heavy atom. The third-order valence-corrected chi connectivity index (χ3v) is 2.89. The highest BCUT2D eigenvalue weighted by molar-refractivity contribution is 5.50. The van der Waals surface area contributed by atoms with Gasteiger partial charge < -0.3 is 14.8 Å². The molecule has 0 aliphatic carbocycles. The number of anilines is 1. The van der Waals surface area contributed by atoms with E-state index in [4.69, 9.17) is 9.47 Å². The Morgan fingerprint density at radius 1 is 1.35 bits per heavy atom. The van der Waals surface area contributed by atoms with Gasteiger partial charge in [-0.05, 0) is 6.07 Å². The van der Waals surface area contributed by atoms with Crippen molar-refractivity contribution in [2.75, 3.05) is 12.1 Å². The van der Waals surface area contributed by atoms with E-state index in [-0.39, 0.29) is 12.5 Å². The van der Waals surface area contributed by atoms with Crippen LogP contribution in [0, 0.1) is 10.1 Å². The monoisotopic (exact) mass is 273 g/mol. The molecule has 102 valence electrons. The van der Waals surface area contributed by atoms with E-state index in [1.807, 2.05) is 18.2 Å². The smallest absolute Gasteiger partial charge is 0.274 e. The Labute approximate surface area is 114 Å². The van der Waals surface area contributed by atoms with Gasteiger partial charge in [-0.2, -0.15) is 0 Å². The first-order valence-electron chi connectivity index (χ1n) is 5.96. The second-order valence-electron chi connectivity index (χ2n) is 4.16. The molecule has 7 heteroatoms. The molecule has 0 saturated heterocycles. The molecule has 2 heterocycles. The molecular formula is C13H11N3O4. The average Bonchev–Trinajstić information content (AvgIpc) is 2.94. The summed E-state index contributed by atoms with van der Waals surface area (Å²) >= 11 is 0. The van der Waals surface area contributed by atoms with Gasteiger partial charge in [-0.25, -0.2) is 4.98 Å². The van der Waals surface area contributed by atoms with Gasteiger partial charge in [-0.3, -0.25) is 10.1 Å². The van der Waals surface area contributed by atoms with E-state index in [2.05, 4.69) is 10.3 Å². The molecule has 20 heavy (non-hydrogen) atoms. The molecule has 0 radical (unpaired) electrons. The van der Waals surface area contributed by atoms with Crippen LogP contribution in [0.15, 0.2) is 36.5 Å². The summed E-state index contributed by atoms with van der Waals surface area (Å²) in [6, 6.07) is 8.34. The summed E-state index contributed by atoms with van der Waals surface area (Å²) in [5.41, 5.74) is 0.911. The van der Waals surface area contributed by atoms with Crippen LogP contribution in [0.5, 0.6) is 11.5 Å². The minimum absolute atomic E-state index is 0.000346. The third kappa shape index (κ3) is 2.33. The number of hydrogen-bond donors (Lipinski definition) is 1. The number of aromatic nitrogens is 1. The molecule has 0 bridgehead atoms. The second kappa shape index (κ2) is 5.04. The summed E-state index contributed by atoms with van der Waals surface area (Å²) < 4.78 is 10.7. The third-order valence-electron chi connectivity index (χ3n) is 2.89. The Bertz CT molecular complexity index is 660. The molecule has 0 unspecified atom stereocenters. The van der Waals surface area contributed by atoms with Crippen LogP contribution in [0.25, 0.3) is 0 Å². The lowest BCUT2D eigenvalue weighted by atomic mass is 10.2. The average molecular weight is 273 g/mol. The number of nitro groups is 1. The summed E-state index contributed by atoms with van der Waals surface area (Å²) in [5, 5.41) is 13.7. The lowest BCUT2D eigenvalue weighted by Crippen LogP contribution is -2.03. The van der Waals surface area contributed by atoms with Gasteiger partial charge in [0, 0.05) is 24.4 Å². The lowest BCUT2D eigenvalue weighted by molar-refractivity contribution is -0.384. The molecule has 0 amide bonds. The van der Waals surface area contributed by atoms with Gasteiger partial charge in [0.1, 0.15) is 5.82 Å². The Morgan fingerprint density at radius 3 is 3.10 bits per heavy atom. The SMILES string of the molecule is O=[N+]([O-])c1ccnc(NCc2cccc3c2OCO3)c1. The minimum atomic E-state index is -0.454. The zero-order chi connectivity index (χ0) is 13.9. The van der Waals surface area contributed by atoms with Gasteiger partial charge in [-0.1, -0.05) is 12.1 Å². The number of ether oxygens (including phenoxy) is 2. The zero-order valence-corrected chi connectivity index (χ0v) is 10.4. The van der Waals surface area contributed by atoms with Crippen LogP contribution in [0.1, 0.15) is 5.56 Å². The Kier molecular flexibility index (Phi) is 3.08. The molecule has 0 spiro atoms. The topological polar surface area (TPSA) is 86.5 Å². The van der Waals surface area contributed by atoms with E-state index >= 15 is 0 Å². The second-order valence-corrected chi connectivity index (χ2v) is 4.16. The van der Waals surface area contributed by atoms with Gasteiger partial charge in [0.05, 0.1) is 11.0 Å². The first-order chi connectivity index (χ1) is 9.74. The first kappa shape index (κ1) is 12.2. The van der Waals surface area contributed by atoms with E-state index in [0.717, 1.165) is 5.56 Å². The molecule has 7 nitrogen and oxygen atoms in total. The summed E-state index contributed by atoms with van der Waals surface area (Å²) in [7, 11) is 0. The molecular weight excluding hydrogens is 262 g/mol. The van der Waals surface area contributed by atoms with Crippen LogP contribution in [-0.2, 0) is 6.54 Å². The van der Waals surface area contributed by atoms with Crippen molar-refractivity contribution in [2.24, 2.45) is 0 Å². The molecule has 1 N–H and O–H groups in total. The number of para-hydroxylation sites is 1. The predicted molar refractivity (Wildman–Crippen MR) is 70.8 cm³/mol. The van der Waals surface area contributed by atoms with Crippen molar-refractivity contribution >= 4 is 11.5 Å². The van der Waals surface area contributed by atoms with Crippen molar-refractivity contribution < 1.29 is 14.4 Å². The van der Waals surface area contributed by atoms with Gasteiger partial charge in [0.15, 0.2) is 11.5 Å². The number of rotatable bonds is 4. The van der Waals surface area contributed by atoms with Crippen molar-refractivity contribution in [1.82, 2.24) is 4.98 Å². The molecule has 1 aliphatic rings. The predicted octanol–water partition coefficient (Wildman–Crippen LogP) is 2.33. The number of nitrogens with zero attached hydrogens (tertiary/aromatic N) is 2. The molecule has 3 rings (SSSR count). The lowest BCUT2D eigenvalue weighted by Gasteiger charge is -2.08. The molecule has 2 aromatic rings. The van der Waals surface area contributed by atoms with Crippen molar-refractivity contribution in [3.8, 4) is 11.5 Å². The zero-order valence-electron chi connectivity index (χ0n) is 10.4. The van der Waals surface area contributed by atoms with Crippen LogP contribution in [0.4, 0.5) is 11.5 Å². The summed E-state index contributed by atoms with van der Waals surface area (Å²) in [4.78, 5) is 14.3. The number of pyridine rings is 1. The van der Waals surface area contributed by atoms with Crippen LogP contribution in [-0.4, -0.2) is 16.7 Å². The fourth-order valence-electron chi connectivity index (χ4n) is 1.95. The number of benzene rings is 1. The number of hydrogen-bond acceptors (Lipinski definition) is 6. The maximum absolute atomic E-state index is 10.7. The standard InChI is InChI=1S/C13H11N3O4/c17-16(18)10-4-5-14-12(6-10)15-7-9-2-1-3-11-13(9)20-8-19-11/h1-6H,7-8H2,(H,14,15). The molecule has 1 aromatic carbocycles. The highest BCUT2D eigenvalue weighted by Crippen LogP contribution is 2.35. The minimum Gasteiger partial charge on any atom is -0.454 e. The summed E-state index contributed by atoms with van der Waals surface area (Å²) in [6.45, 7) is 0.655. The van der Waals surface area contributed by atoms with Crippen molar-refractivity contribution in [2.45, 2.75) is 6.54 Å². The fraction of sp³-hybridized carbons (Fsp3) is 0.154. The first-order valence-corrected chi connectivity index (χ1v) is 5.96. The van der Waals surface area contributed by atoms with E-state index in [9.17, 15) is 10.1 Å². The van der Waals surface area contributed by atoms with E-state index in [1.54, 1.807) is 0 Å². The normalized spacial score (nSPS) is 12.2. The molecule has 0 atom stereocenters. The largest absolute Gasteiger partial charge is 0.454 e. The van der Waals surface area contributed by atoms with Gasteiger partial charge in [-0.15, -0.1) is 0 Å². The van der Waals surface area contributed by atoms with E-state index in [1.165, 1.54) is 18.3 Å². The van der Waals surface area contributed by atoms with Crippen molar-refractivity contribution in [3.05, 3.63) is 52.2 Å². The molecule has 0 fully saturated rings. The highest BCUT2D eigenvalue weighted by Gasteiger charge is 2.17. The van der Waals surface area contributed by atoms with Gasteiger partial charge in [0.2, 0.25) is 6.79 Å². The van der Waals surface area contributed by atoms with Crippen molar-refractivity contribution in [3.63, 3.8) is 0 Å². The van der Waals surface area contributed by atoms with Crippen LogP contribution >= 0.6 is 0 Å². The van der Waals surface area contributed by atoms with Crippen molar-refractivity contribution in [1.29, 1.82) is 0 Å². The van der Waals surface area contributed by atoms with E-state index in [0.29, 0.717) is 23.9 Å². The molecule has 1 aromatic heterocycles. The maximum atomic E-state index is 10.7. The molecule has 0 saturated carbocycles. The number of nitrogens with one attached hydrogen (secondary N) is 1. The fourth-order valence-corrected chi connectivity index (χ4v) is 1.95. The number of fused-ring (bicyclic) bond motifs is 1. The summed E-state index contributed by atoms with van der Waals surface area (Å²) in [5.74, 6) is 1.84. The van der Waals surface area contributed by atoms with Crippen LogP contribution < -0.4 is 14.8 Å². The van der Waals surface area contributed by atoms with Crippen LogP contribution in [0.2, 0.25) is 0 Å². The van der Waals surface area contributed by atoms with Crippen LogP contribution in [0.3, 0.4) is 0 Å². The highest BCUT2D eigenvalue weighted by atomic mass is 16.7. The quantitative estimate of drug-likeness (QED) is 0.679. The Balaban J connectivity index is 1.76.